The Balaban J connectivity index is 1.60. The van der Waals surface area contributed by atoms with Crippen molar-refractivity contribution in [2.45, 2.75) is 16.7 Å². The van der Waals surface area contributed by atoms with Crippen LogP contribution >= 0.6 is 23.1 Å². The van der Waals surface area contributed by atoms with Gasteiger partial charge < -0.3 is 14.2 Å². The maximum atomic E-state index is 13.0. The fraction of sp³-hybridized carbons (Fsp3) is 0.333. The van der Waals surface area contributed by atoms with Crippen LogP contribution in [0.15, 0.2) is 46.3 Å². The van der Waals surface area contributed by atoms with Gasteiger partial charge in [-0.3, -0.25) is 9.52 Å². The Morgan fingerprint density at radius 1 is 1.25 bits per heavy atom. The van der Waals surface area contributed by atoms with Crippen LogP contribution in [-0.2, 0) is 21.8 Å². The standard InChI is InChI=1S/C21H24N4O4S3/c1-14-19(21(26)25-7-9-29-10-8-25)31-20(22-14)18-12-17(13-24(18)2)32(27,28)23-15-5-4-6-16(11-15)30-3/h4-6,11-13,23H,7-10H2,1-3H3. The van der Waals surface area contributed by atoms with Crippen LogP contribution in [0, 0.1) is 6.92 Å². The minimum Gasteiger partial charge on any atom is -0.378 e. The summed E-state index contributed by atoms with van der Waals surface area (Å²) in [6, 6.07) is 8.83. The summed E-state index contributed by atoms with van der Waals surface area (Å²) in [5.41, 5.74) is 1.78. The molecular weight excluding hydrogens is 468 g/mol. The SMILES string of the molecule is CSc1cccc(NS(=O)(=O)c2cc(-c3nc(C)c(C(=O)N4CCOCC4)s3)n(C)c2)c1. The molecule has 1 aliphatic heterocycles. The lowest BCUT2D eigenvalue weighted by molar-refractivity contribution is 0.0305. The van der Waals surface area contributed by atoms with Crippen LogP contribution in [0.25, 0.3) is 10.7 Å². The van der Waals surface area contributed by atoms with Gasteiger partial charge in [0, 0.05) is 36.9 Å². The average molecular weight is 493 g/mol. The number of hydrogen-bond acceptors (Lipinski definition) is 7. The molecule has 1 aliphatic rings. The number of rotatable bonds is 6. The van der Waals surface area contributed by atoms with E-state index in [-0.39, 0.29) is 10.8 Å². The molecule has 0 saturated carbocycles. The minimum absolute atomic E-state index is 0.0630. The molecule has 11 heteroatoms. The number of aryl methyl sites for hydroxylation is 2. The molecule has 4 rings (SSSR count). The van der Waals surface area contributed by atoms with E-state index in [1.54, 1.807) is 59.6 Å². The van der Waals surface area contributed by atoms with Gasteiger partial charge in [-0.05, 0) is 37.4 Å². The zero-order valence-electron chi connectivity index (χ0n) is 18.0. The number of morpholine rings is 1. The molecule has 0 bridgehead atoms. The molecule has 2 aromatic heterocycles. The molecule has 1 fully saturated rings. The number of amides is 1. The fourth-order valence-electron chi connectivity index (χ4n) is 3.41. The van der Waals surface area contributed by atoms with E-state index in [1.165, 1.54) is 11.3 Å². The third-order valence-corrected chi connectivity index (χ3v) is 8.36. The van der Waals surface area contributed by atoms with Crippen molar-refractivity contribution in [3.63, 3.8) is 0 Å². The second-order valence-corrected chi connectivity index (χ2v) is 10.9. The molecule has 0 radical (unpaired) electrons. The number of carbonyl (C=O) groups is 1. The van der Waals surface area contributed by atoms with E-state index in [0.717, 1.165) is 4.90 Å². The van der Waals surface area contributed by atoms with Gasteiger partial charge in [0.1, 0.15) is 14.8 Å². The van der Waals surface area contributed by atoms with E-state index in [2.05, 4.69) is 9.71 Å². The molecular formula is C21H24N4O4S3. The summed E-state index contributed by atoms with van der Waals surface area (Å²) in [6.45, 7) is 3.97. The molecule has 0 spiro atoms. The van der Waals surface area contributed by atoms with Gasteiger partial charge in [-0.2, -0.15) is 0 Å². The van der Waals surface area contributed by atoms with Crippen LogP contribution in [-0.4, -0.2) is 61.3 Å². The number of aromatic nitrogens is 2. The molecule has 3 heterocycles. The Labute approximate surface area is 195 Å². The molecule has 1 saturated heterocycles. The molecule has 1 aromatic carbocycles. The molecule has 1 N–H and O–H groups in total. The van der Waals surface area contributed by atoms with Gasteiger partial charge in [0.2, 0.25) is 0 Å². The highest BCUT2D eigenvalue weighted by Crippen LogP contribution is 2.32. The number of ether oxygens (including phenoxy) is 1. The Hall–Kier alpha value is -2.34. The van der Waals surface area contributed by atoms with Crippen LogP contribution in [0.4, 0.5) is 5.69 Å². The van der Waals surface area contributed by atoms with E-state index in [4.69, 9.17) is 4.74 Å². The normalized spacial score (nSPS) is 14.5. The number of nitrogens with zero attached hydrogens (tertiary/aromatic N) is 3. The molecule has 0 atom stereocenters. The molecule has 0 aliphatic carbocycles. The topological polar surface area (TPSA) is 93.5 Å². The quantitative estimate of drug-likeness (QED) is 0.530. The first-order valence-corrected chi connectivity index (χ1v) is 13.5. The second kappa shape index (κ2) is 9.26. The number of anilines is 1. The Kier molecular flexibility index (Phi) is 6.61. The first-order valence-electron chi connectivity index (χ1n) is 9.96. The van der Waals surface area contributed by atoms with Crippen LogP contribution in [0.3, 0.4) is 0 Å². The van der Waals surface area contributed by atoms with Gasteiger partial charge in [-0.1, -0.05) is 6.07 Å². The van der Waals surface area contributed by atoms with Crippen LogP contribution in [0.2, 0.25) is 0 Å². The number of nitrogens with one attached hydrogen (secondary N) is 1. The smallest absolute Gasteiger partial charge is 0.266 e. The Morgan fingerprint density at radius 3 is 2.72 bits per heavy atom. The van der Waals surface area contributed by atoms with Crippen molar-refractivity contribution in [3.05, 3.63) is 47.1 Å². The van der Waals surface area contributed by atoms with Crippen molar-refractivity contribution in [2.75, 3.05) is 37.3 Å². The predicted octanol–water partition coefficient (Wildman–Crippen LogP) is 3.45. The van der Waals surface area contributed by atoms with E-state index in [1.807, 2.05) is 18.4 Å². The van der Waals surface area contributed by atoms with Crippen molar-refractivity contribution < 1.29 is 17.9 Å². The molecule has 3 aromatic rings. The highest BCUT2D eigenvalue weighted by atomic mass is 32.2. The number of thioether (sulfide) groups is 1. The zero-order chi connectivity index (χ0) is 22.9. The van der Waals surface area contributed by atoms with Crippen LogP contribution in [0.1, 0.15) is 15.4 Å². The summed E-state index contributed by atoms with van der Waals surface area (Å²) in [6.07, 6.45) is 3.49. The first-order chi connectivity index (χ1) is 15.3. The third-order valence-electron chi connectivity index (χ3n) is 5.12. The summed E-state index contributed by atoms with van der Waals surface area (Å²) < 4.78 is 35.6. The van der Waals surface area contributed by atoms with Crippen molar-refractivity contribution in [1.29, 1.82) is 0 Å². The number of hydrogen-bond donors (Lipinski definition) is 1. The van der Waals surface area contributed by atoms with Gasteiger partial charge in [0.15, 0.2) is 0 Å². The zero-order valence-corrected chi connectivity index (χ0v) is 20.4. The van der Waals surface area contributed by atoms with E-state index < -0.39 is 10.0 Å². The van der Waals surface area contributed by atoms with Crippen LogP contribution in [0.5, 0.6) is 0 Å². The largest absolute Gasteiger partial charge is 0.378 e. The van der Waals surface area contributed by atoms with Crippen molar-refractivity contribution in [2.24, 2.45) is 7.05 Å². The molecule has 0 unspecified atom stereocenters. The number of thiazole rings is 1. The van der Waals surface area contributed by atoms with Crippen molar-refractivity contribution in [1.82, 2.24) is 14.5 Å². The monoisotopic (exact) mass is 492 g/mol. The van der Waals surface area contributed by atoms with Gasteiger partial charge >= 0.3 is 0 Å². The van der Waals surface area contributed by atoms with Gasteiger partial charge in [-0.25, -0.2) is 13.4 Å². The number of carbonyl (C=O) groups excluding carboxylic acids is 1. The second-order valence-electron chi connectivity index (χ2n) is 7.35. The maximum Gasteiger partial charge on any atom is 0.266 e. The molecule has 32 heavy (non-hydrogen) atoms. The average Bonchev–Trinajstić information content (AvgIpc) is 3.36. The first kappa shape index (κ1) is 22.8. The molecule has 8 nitrogen and oxygen atoms in total. The summed E-state index contributed by atoms with van der Waals surface area (Å²) in [7, 11) is -2.01. The predicted molar refractivity (Wildman–Crippen MR) is 127 cm³/mol. The lowest BCUT2D eigenvalue weighted by Gasteiger charge is -2.26. The van der Waals surface area contributed by atoms with E-state index >= 15 is 0 Å². The summed E-state index contributed by atoms with van der Waals surface area (Å²) in [5.74, 6) is -0.0630. The van der Waals surface area contributed by atoms with Gasteiger partial charge in [-0.15, -0.1) is 23.1 Å². The summed E-state index contributed by atoms with van der Waals surface area (Å²) in [4.78, 5) is 20.9. The van der Waals surface area contributed by atoms with E-state index in [9.17, 15) is 13.2 Å². The van der Waals surface area contributed by atoms with Crippen LogP contribution < -0.4 is 4.72 Å². The summed E-state index contributed by atoms with van der Waals surface area (Å²) >= 11 is 2.82. The maximum absolute atomic E-state index is 13.0. The molecule has 170 valence electrons. The Morgan fingerprint density at radius 2 is 2.00 bits per heavy atom. The van der Waals surface area contributed by atoms with Crippen molar-refractivity contribution in [3.8, 4) is 10.7 Å². The minimum atomic E-state index is -3.78. The van der Waals surface area contributed by atoms with Gasteiger partial charge in [0.05, 0.1) is 24.6 Å². The Bertz CT molecular complexity index is 1240. The summed E-state index contributed by atoms with van der Waals surface area (Å²) in [5, 5.41) is 0.604. The number of sulfonamides is 1. The highest BCUT2D eigenvalue weighted by molar-refractivity contribution is 7.98. The third kappa shape index (κ3) is 4.70. The molecule has 1 amide bonds. The van der Waals surface area contributed by atoms with E-state index in [0.29, 0.717) is 53.3 Å². The lowest BCUT2D eigenvalue weighted by atomic mass is 10.3. The number of benzene rings is 1. The highest BCUT2D eigenvalue weighted by Gasteiger charge is 2.25. The fourth-order valence-corrected chi connectivity index (χ4v) is 6.08. The lowest BCUT2D eigenvalue weighted by Crippen LogP contribution is -2.40. The van der Waals surface area contributed by atoms with Crippen molar-refractivity contribution >= 4 is 44.7 Å². The van der Waals surface area contributed by atoms with Gasteiger partial charge in [0.25, 0.3) is 15.9 Å².